The highest BCUT2D eigenvalue weighted by molar-refractivity contribution is 5.75. The summed E-state index contributed by atoms with van der Waals surface area (Å²) in [6.07, 6.45) is 0. The standard InChI is InChI=1S/C15H22N4O2/c16-13-2-1-3-14(12-13)17-4-6-18(7-5-17)15(20)19-8-10-21-11-9-19/h1-3,12H,4-11,16H2. The maximum absolute atomic E-state index is 12.4. The van der Waals surface area contributed by atoms with E-state index in [0.717, 1.165) is 37.6 Å². The van der Waals surface area contributed by atoms with Gasteiger partial charge < -0.3 is 25.2 Å². The van der Waals surface area contributed by atoms with E-state index in [2.05, 4.69) is 11.0 Å². The van der Waals surface area contributed by atoms with Crippen LogP contribution in [0.2, 0.25) is 0 Å². The monoisotopic (exact) mass is 290 g/mol. The van der Waals surface area contributed by atoms with Gasteiger partial charge in [-0.1, -0.05) is 6.07 Å². The Hall–Kier alpha value is -1.95. The molecule has 2 saturated heterocycles. The summed E-state index contributed by atoms with van der Waals surface area (Å²) in [5, 5.41) is 0. The van der Waals surface area contributed by atoms with E-state index in [0.29, 0.717) is 26.3 Å². The molecule has 21 heavy (non-hydrogen) atoms. The molecule has 1 aromatic carbocycles. The summed E-state index contributed by atoms with van der Waals surface area (Å²) >= 11 is 0. The van der Waals surface area contributed by atoms with Crippen molar-refractivity contribution in [3.05, 3.63) is 24.3 Å². The van der Waals surface area contributed by atoms with E-state index in [9.17, 15) is 4.79 Å². The lowest BCUT2D eigenvalue weighted by Crippen LogP contribution is -2.54. The van der Waals surface area contributed by atoms with E-state index >= 15 is 0 Å². The Morgan fingerprint density at radius 3 is 2.33 bits per heavy atom. The maximum atomic E-state index is 12.4. The van der Waals surface area contributed by atoms with Gasteiger partial charge in [-0.15, -0.1) is 0 Å². The topological polar surface area (TPSA) is 62.0 Å². The largest absolute Gasteiger partial charge is 0.399 e. The Kier molecular flexibility index (Phi) is 4.15. The van der Waals surface area contributed by atoms with Crippen LogP contribution in [0, 0.1) is 0 Å². The molecule has 2 amide bonds. The summed E-state index contributed by atoms with van der Waals surface area (Å²) in [4.78, 5) is 18.5. The van der Waals surface area contributed by atoms with Crippen LogP contribution in [0.15, 0.2) is 24.3 Å². The van der Waals surface area contributed by atoms with E-state index in [1.165, 1.54) is 0 Å². The number of anilines is 2. The summed E-state index contributed by atoms with van der Waals surface area (Å²) in [7, 11) is 0. The van der Waals surface area contributed by atoms with Gasteiger partial charge in [0.2, 0.25) is 0 Å². The van der Waals surface area contributed by atoms with E-state index in [1.54, 1.807) is 0 Å². The molecule has 3 rings (SSSR count). The van der Waals surface area contributed by atoms with Crippen molar-refractivity contribution in [2.45, 2.75) is 0 Å². The van der Waals surface area contributed by atoms with Crippen molar-refractivity contribution in [3.63, 3.8) is 0 Å². The molecule has 0 aliphatic carbocycles. The lowest BCUT2D eigenvalue weighted by molar-refractivity contribution is 0.0428. The molecular formula is C15H22N4O2. The van der Waals surface area contributed by atoms with Gasteiger partial charge in [-0.25, -0.2) is 4.79 Å². The summed E-state index contributed by atoms with van der Waals surface area (Å²) < 4.78 is 5.29. The van der Waals surface area contributed by atoms with Crippen LogP contribution in [0.3, 0.4) is 0 Å². The van der Waals surface area contributed by atoms with Crippen LogP contribution >= 0.6 is 0 Å². The highest BCUT2D eigenvalue weighted by Crippen LogP contribution is 2.19. The van der Waals surface area contributed by atoms with Gasteiger partial charge >= 0.3 is 6.03 Å². The van der Waals surface area contributed by atoms with Crippen molar-refractivity contribution in [2.24, 2.45) is 0 Å². The average molecular weight is 290 g/mol. The number of nitrogens with zero attached hydrogens (tertiary/aromatic N) is 3. The minimum atomic E-state index is 0.144. The average Bonchev–Trinajstić information content (AvgIpc) is 2.55. The molecule has 0 saturated carbocycles. The van der Waals surface area contributed by atoms with E-state index in [4.69, 9.17) is 10.5 Å². The molecule has 0 spiro atoms. The predicted octanol–water partition coefficient (Wildman–Crippen LogP) is 0.843. The third-order valence-corrected chi connectivity index (χ3v) is 4.07. The fourth-order valence-corrected chi connectivity index (χ4v) is 2.83. The number of ether oxygens (including phenoxy) is 1. The normalized spacial score (nSPS) is 19.7. The van der Waals surface area contributed by atoms with Crippen LogP contribution in [-0.2, 0) is 4.74 Å². The van der Waals surface area contributed by atoms with Crippen LogP contribution in [0.4, 0.5) is 16.2 Å². The van der Waals surface area contributed by atoms with Gasteiger partial charge in [0.25, 0.3) is 0 Å². The highest BCUT2D eigenvalue weighted by atomic mass is 16.5. The summed E-state index contributed by atoms with van der Waals surface area (Å²) in [6, 6.07) is 8.05. The number of carbonyl (C=O) groups excluding carboxylic acids is 1. The first-order chi connectivity index (χ1) is 10.2. The number of nitrogens with two attached hydrogens (primary N) is 1. The van der Waals surface area contributed by atoms with Crippen molar-refractivity contribution >= 4 is 17.4 Å². The molecule has 2 N–H and O–H groups in total. The molecule has 0 atom stereocenters. The van der Waals surface area contributed by atoms with Crippen molar-refractivity contribution in [1.82, 2.24) is 9.80 Å². The zero-order valence-corrected chi connectivity index (χ0v) is 12.2. The van der Waals surface area contributed by atoms with Gasteiger partial charge in [-0.05, 0) is 18.2 Å². The van der Waals surface area contributed by atoms with Gasteiger partial charge in [0, 0.05) is 50.6 Å². The molecule has 2 aliphatic heterocycles. The lowest BCUT2D eigenvalue weighted by Gasteiger charge is -2.39. The quantitative estimate of drug-likeness (QED) is 0.779. The van der Waals surface area contributed by atoms with Crippen molar-refractivity contribution < 1.29 is 9.53 Å². The van der Waals surface area contributed by atoms with E-state index in [1.807, 2.05) is 28.0 Å². The molecule has 114 valence electrons. The van der Waals surface area contributed by atoms with Gasteiger partial charge in [-0.2, -0.15) is 0 Å². The summed E-state index contributed by atoms with van der Waals surface area (Å²) in [6.45, 7) is 5.90. The Morgan fingerprint density at radius 1 is 1.00 bits per heavy atom. The van der Waals surface area contributed by atoms with Gasteiger partial charge in [0.15, 0.2) is 0 Å². The van der Waals surface area contributed by atoms with Crippen LogP contribution in [0.25, 0.3) is 0 Å². The zero-order valence-electron chi connectivity index (χ0n) is 12.2. The number of hydrogen-bond acceptors (Lipinski definition) is 4. The van der Waals surface area contributed by atoms with Crippen LogP contribution in [-0.4, -0.2) is 68.3 Å². The fourth-order valence-electron chi connectivity index (χ4n) is 2.83. The molecule has 0 unspecified atom stereocenters. The molecule has 2 fully saturated rings. The first-order valence-electron chi connectivity index (χ1n) is 7.46. The number of urea groups is 1. The maximum Gasteiger partial charge on any atom is 0.320 e. The smallest absolute Gasteiger partial charge is 0.320 e. The third kappa shape index (κ3) is 3.21. The second-order valence-corrected chi connectivity index (χ2v) is 5.45. The second kappa shape index (κ2) is 6.22. The Balaban J connectivity index is 1.56. The van der Waals surface area contributed by atoms with Gasteiger partial charge in [0.05, 0.1) is 13.2 Å². The van der Waals surface area contributed by atoms with Gasteiger partial charge in [-0.3, -0.25) is 0 Å². The zero-order chi connectivity index (χ0) is 14.7. The predicted molar refractivity (Wildman–Crippen MR) is 82.4 cm³/mol. The van der Waals surface area contributed by atoms with Crippen molar-refractivity contribution in [1.29, 1.82) is 0 Å². The Labute approximate surface area is 125 Å². The highest BCUT2D eigenvalue weighted by Gasteiger charge is 2.26. The number of nitrogen functional groups attached to an aromatic ring is 1. The Morgan fingerprint density at radius 2 is 1.67 bits per heavy atom. The first-order valence-corrected chi connectivity index (χ1v) is 7.46. The van der Waals surface area contributed by atoms with Crippen LogP contribution < -0.4 is 10.6 Å². The number of piperazine rings is 1. The minimum Gasteiger partial charge on any atom is -0.399 e. The molecule has 0 radical (unpaired) electrons. The first kappa shape index (κ1) is 14.0. The molecule has 0 bridgehead atoms. The van der Waals surface area contributed by atoms with Crippen LogP contribution in [0.5, 0.6) is 0 Å². The van der Waals surface area contributed by atoms with Crippen molar-refractivity contribution in [3.8, 4) is 0 Å². The summed E-state index contributed by atoms with van der Waals surface area (Å²) in [5.74, 6) is 0. The number of rotatable bonds is 1. The molecule has 6 heteroatoms. The van der Waals surface area contributed by atoms with E-state index < -0.39 is 0 Å². The lowest BCUT2D eigenvalue weighted by atomic mass is 10.2. The second-order valence-electron chi connectivity index (χ2n) is 5.45. The van der Waals surface area contributed by atoms with Crippen LogP contribution in [0.1, 0.15) is 0 Å². The minimum absolute atomic E-state index is 0.144. The molecule has 1 aromatic rings. The molecule has 2 heterocycles. The van der Waals surface area contributed by atoms with Gasteiger partial charge in [0.1, 0.15) is 0 Å². The SMILES string of the molecule is Nc1cccc(N2CCN(C(=O)N3CCOCC3)CC2)c1. The third-order valence-electron chi connectivity index (χ3n) is 4.07. The number of amides is 2. The Bertz CT molecular complexity index is 494. The molecule has 0 aromatic heterocycles. The number of benzene rings is 1. The van der Waals surface area contributed by atoms with Crippen molar-refractivity contribution in [2.75, 3.05) is 63.1 Å². The molecular weight excluding hydrogens is 268 g/mol. The fraction of sp³-hybridized carbons (Fsp3) is 0.533. The van der Waals surface area contributed by atoms with E-state index in [-0.39, 0.29) is 6.03 Å². The molecule has 6 nitrogen and oxygen atoms in total. The number of morpholine rings is 1. The number of hydrogen-bond donors (Lipinski definition) is 1. The number of carbonyl (C=O) groups is 1. The summed E-state index contributed by atoms with van der Waals surface area (Å²) in [5.41, 5.74) is 7.74. The molecule has 2 aliphatic rings.